The lowest BCUT2D eigenvalue weighted by Crippen LogP contribution is -2.16. The maximum atomic E-state index is 8.42. The molecule has 5 heteroatoms. The number of hydrogen-bond acceptors (Lipinski definition) is 5. The number of oxime groups is 1. The van der Waals surface area contributed by atoms with Crippen molar-refractivity contribution in [3.05, 3.63) is 17.8 Å². The number of nitrogens with zero attached hydrogens (tertiary/aromatic N) is 2. The fraction of sp³-hybridized carbons (Fsp3) is 0.400. The Morgan fingerprint density at radius 1 is 1.47 bits per heavy atom. The lowest BCUT2D eigenvalue weighted by atomic mass is 10.2. The zero-order valence-electron chi connectivity index (χ0n) is 9.15. The monoisotopic (exact) mass is 208 g/mol. The average molecular weight is 208 g/mol. The van der Waals surface area contributed by atoms with Crippen LogP contribution >= 0.6 is 0 Å². The van der Waals surface area contributed by atoms with E-state index in [2.05, 4.69) is 20.8 Å². The predicted octanol–water partition coefficient (Wildman–Crippen LogP) is 2.10. The molecule has 0 radical (unpaired) electrons. The van der Waals surface area contributed by atoms with Crippen molar-refractivity contribution in [2.24, 2.45) is 5.16 Å². The molecule has 3 N–H and O–H groups in total. The van der Waals surface area contributed by atoms with E-state index in [1.807, 2.05) is 20.8 Å². The van der Waals surface area contributed by atoms with E-state index in [0.29, 0.717) is 0 Å². The number of nitrogens with one attached hydrogen (secondary N) is 2. The van der Waals surface area contributed by atoms with Gasteiger partial charge in [0.05, 0.1) is 18.1 Å². The minimum absolute atomic E-state index is 0.163. The van der Waals surface area contributed by atoms with Gasteiger partial charge in [0.1, 0.15) is 0 Å². The second kappa shape index (κ2) is 5.19. The van der Waals surface area contributed by atoms with Crippen LogP contribution in [0.4, 0.5) is 11.5 Å². The Kier molecular flexibility index (Phi) is 3.91. The van der Waals surface area contributed by atoms with Gasteiger partial charge in [-0.2, -0.15) is 0 Å². The highest BCUT2D eigenvalue weighted by Crippen LogP contribution is 2.28. The average Bonchev–Trinajstić information content (AvgIpc) is 2.63. The zero-order valence-corrected chi connectivity index (χ0v) is 9.15. The molecular weight excluding hydrogens is 192 g/mol. The van der Waals surface area contributed by atoms with Crippen LogP contribution in [0, 0.1) is 0 Å². The van der Waals surface area contributed by atoms with E-state index in [1.54, 1.807) is 12.3 Å². The van der Waals surface area contributed by atoms with Crippen LogP contribution in [0.5, 0.6) is 0 Å². The maximum absolute atomic E-state index is 8.42. The molecule has 0 saturated carbocycles. The Balaban J connectivity index is 0.000000531. The molecule has 1 aliphatic heterocycles. The summed E-state index contributed by atoms with van der Waals surface area (Å²) in [4.78, 5) is 4.14. The summed E-state index contributed by atoms with van der Waals surface area (Å²) in [6.45, 7) is 5.99. The Labute approximate surface area is 89.2 Å². The molecule has 1 unspecified atom stereocenters. The maximum Gasteiger partial charge on any atom is 0.151 e. The lowest BCUT2D eigenvalue weighted by Gasteiger charge is -2.02. The van der Waals surface area contributed by atoms with Gasteiger partial charge in [0.2, 0.25) is 0 Å². The molecule has 0 aliphatic carbocycles. The van der Waals surface area contributed by atoms with Gasteiger partial charge < -0.3 is 15.8 Å². The molecular formula is C10H16N4O. The van der Waals surface area contributed by atoms with Crippen LogP contribution in [0.15, 0.2) is 17.4 Å². The third-order valence-corrected chi connectivity index (χ3v) is 1.89. The predicted molar refractivity (Wildman–Crippen MR) is 61.7 cm³/mol. The summed E-state index contributed by atoms with van der Waals surface area (Å²) < 4.78 is 0. The molecule has 5 nitrogen and oxygen atoms in total. The van der Waals surface area contributed by atoms with Crippen LogP contribution in [0.25, 0.3) is 0 Å². The summed E-state index contributed by atoms with van der Waals surface area (Å²) in [5.41, 5.74) is 1.71. The van der Waals surface area contributed by atoms with Gasteiger partial charge >= 0.3 is 0 Å². The highest BCUT2D eigenvalue weighted by Gasteiger charge is 2.18. The molecule has 1 aliphatic rings. The molecule has 2 heterocycles. The van der Waals surface area contributed by atoms with Gasteiger partial charge in [0.25, 0.3) is 0 Å². The molecule has 82 valence electrons. The van der Waals surface area contributed by atoms with Gasteiger partial charge in [0, 0.05) is 11.8 Å². The molecule has 2 rings (SSSR count). The van der Waals surface area contributed by atoms with Gasteiger partial charge in [-0.25, -0.2) is 4.98 Å². The Bertz CT molecular complexity index is 351. The number of aromatic nitrogens is 1. The first-order valence-electron chi connectivity index (χ1n) is 5.01. The van der Waals surface area contributed by atoms with Gasteiger partial charge in [-0.3, -0.25) is 0 Å². The Hall–Kier alpha value is -1.78. The normalized spacial score (nSPS) is 17.4. The molecule has 1 aromatic heterocycles. The van der Waals surface area contributed by atoms with Gasteiger partial charge in [-0.15, -0.1) is 0 Å². The molecule has 0 amide bonds. The van der Waals surface area contributed by atoms with Crippen molar-refractivity contribution in [3.63, 3.8) is 0 Å². The second-order valence-corrected chi connectivity index (χ2v) is 2.88. The number of anilines is 2. The second-order valence-electron chi connectivity index (χ2n) is 2.88. The fourth-order valence-corrected chi connectivity index (χ4v) is 1.37. The van der Waals surface area contributed by atoms with Gasteiger partial charge in [-0.05, 0) is 13.0 Å². The first-order chi connectivity index (χ1) is 7.31. The van der Waals surface area contributed by atoms with Crippen LogP contribution < -0.4 is 10.6 Å². The Morgan fingerprint density at radius 2 is 2.20 bits per heavy atom. The minimum atomic E-state index is 0.163. The number of hydrogen-bond donors (Lipinski definition) is 3. The van der Waals surface area contributed by atoms with Crippen molar-refractivity contribution in [1.29, 1.82) is 0 Å². The molecule has 0 aromatic carbocycles. The third-order valence-electron chi connectivity index (χ3n) is 1.89. The van der Waals surface area contributed by atoms with E-state index in [4.69, 9.17) is 5.21 Å². The number of pyridine rings is 1. The summed E-state index contributed by atoms with van der Waals surface area (Å²) in [7, 11) is 0. The molecule has 0 bridgehead atoms. The van der Waals surface area contributed by atoms with Crippen molar-refractivity contribution in [2.75, 3.05) is 10.6 Å². The Morgan fingerprint density at radius 3 is 2.87 bits per heavy atom. The van der Waals surface area contributed by atoms with E-state index in [1.165, 1.54) is 6.21 Å². The van der Waals surface area contributed by atoms with Crippen LogP contribution in [0.2, 0.25) is 0 Å². The first kappa shape index (κ1) is 11.3. The van der Waals surface area contributed by atoms with E-state index in [-0.39, 0.29) is 6.17 Å². The van der Waals surface area contributed by atoms with Gasteiger partial charge in [-0.1, -0.05) is 19.0 Å². The summed E-state index contributed by atoms with van der Waals surface area (Å²) in [6, 6.07) is 1.78. The molecule has 0 saturated heterocycles. The highest BCUT2D eigenvalue weighted by atomic mass is 16.4. The van der Waals surface area contributed by atoms with Crippen LogP contribution in [-0.4, -0.2) is 22.6 Å². The van der Waals surface area contributed by atoms with Crippen LogP contribution in [-0.2, 0) is 0 Å². The summed E-state index contributed by atoms with van der Waals surface area (Å²) >= 11 is 0. The molecule has 1 atom stereocenters. The van der Waals surface area contributed by atoms with Crippen molar-refractivity contribution >= 4 is 17.7 Å². The zero-order chi connectivity index (χ0) is 11.3. The number of fused-ring (bicyclic) bond motifs is 1. The van der Waals surface area contributed by atoms with E-state index < -0.39 is 0 Å². The fourth-order valence-electron chi connectivity index (χ4n) is 1.37. The van der Waals surface area contributed by atoms with Crippen LogP contribution in [0.3, 0.4) is 0 Å². The first-order valence-corrected chi connectivity index (χ1v) is 5.01. The summed E-state index contributed by atoms with van der Waals surface area (Å²) in [5.74, 6) is 0.796. The standard InChI is InChI=1S/C8H10N4O.C2H6/c1-5-11-7-6(4-10-13)2-3-9-8(7)12-5;1-2/h2-5,11,13H,1H3,(H,9,12);1-2H3/b10-4-;. The SMILES string of the molecule is CC.CC1Nc2nccc(/C=N\O)c2N1. The van der Waals surface area contributed by atoms with E-state index in [0.717, 1.165) is 17.1 Å². The third kappa shape index (κ3) is 2.37. The topological polar surface area (TPSA) is 69.5 Å². The molecule has 15 heavy (non-hydrogen) atoms. The molecule has 0 fully saturated rings. The number of rotatable bonds is 1. The largest absolute Gasteiger partial charge is 0.411 e. The quantitative estimate of drug-likeness (QED) is 0.375. The highest BCUT2D eigenvalue weighted by molar-refractivity contribution is 5.92. The summed E-state index contributed by atoms with van der Waals surface area (Å²) in [5, 5.41) is 17.7. The minimum Gasteiger partial charge on any atom is -0.411 e. The molecule has 0 spiro atoms. The van der Waals surface area contributed by atoms with Crippen LogP contribution in [0.1, 0.15) is 26.3 Å². The summed E-state index contributed by atoms with van der Waals surface area (Å²) in [6.07, 6.45) is 3.21. The molecule has 1 aromatic rings. The van der Waals surface area contributed by atoms with E-state index >= 15 is 0 Å². The van der Waals surface area contributed by atoms with Gasteiger partial charge in [0.15, 0.2) is 5.82 Å². The van der Waals surface area contributed by atoms with Crippen molar-refractivity contribution in [3.8, 4) is 0 Å². The van der Waals surface area contributed by atoms with E-state index in [9.17, 15) is 0 Å². The van der Waals surface area contributed by atoms with Crippen molar-refractivity contribution < 1.29 is 5.21 Å². The smallest absolute Gasteiger partial charge is 0.151 e. The lowest BCUT2D eigenvalue weighted by molar-refractivity contribution is 0.322. The van der Waals surface area contributed by atoms with Crippen molar-refractivity contribution in [1.82, 2.24) is 4.98 Å². The van der Waals surface area contributed by atoms with Crippen molar-refractivity contribution in [2.45, 2.75) is 26.9 Å².